The molecular formula is C24H25ClFN3O4S. The molecule has 3 aromatic rings. The van der Waals surface area contributed by atoms with Crippen LogP contribution < -0.4 is 23.0 Å². The maximum absolute atomic E-state index is 13.9. The van der Waals surface area contributed by atoms with E-state index in [1.54, 1.807) is 6.07 Å². The highest BCUT2D eigenvalue weighted by molar-refractivity contribution is 7.90. The van der Waals surface area contributed by atoms with Gasteiger partial charge in [0.1, 0.15) is 18.9 Å². The molecule has 0 bridgehead atoms. The Balaban J connectivity index is 0.00000324. The average Bonchev–Trinajstić information content (AvgIpc) is 3.26. The molecule has 1 aliphatic heterocycles. The van der Waals surface area contributed by atoms with Gasteiger partial charge in [-0.3, -0.25) is 5.21 Å². The lowest BCUT2D eigenvalue weighted by atomic mass is 10.1. The van der Waals surface area contributed by atoms with E-state index in [9.17, 15) is 22.8 Å². The first kappa shape index (κ1) is 25.6. The van der Waals surface area contributed by atoms with Crippen molar-refractivity contribution in [1.29, 1.82) is 0 Å². The molecule has 0 aromatic heterocycles. The Labute approximate surface area is 203 Å². The van der Waals surface area contributed by atoms with Crippen molar-refractivity contribution >= 4 is 21.6 Å². The second-order valence-corrected chi connectivity index (χ2v) is 10.0. The number of quaternary nitrogens is 1. The van der Waals surface area contributed by atoms with Gasteiger partial charge in [-0.2, -0.15) is 5.06 Å². The highest BCUT2D eigenvalue weighted by Gasteiger charge is 2.23. The summed E-state index contributed by atoms with van der Waals surface area (Å²) in [4.78, 5) is 12.5. The molecule has 34 heavy (non-hydrogen) atoms. The standard InChI is InChI=1S/C24H24FN3O4S.ClH/c1-16(22-4-2-3-5-23(22)25)28(30)24(29)27-20-8-10-21(11-9-20)33(31,32)15-17-6-7-18-13-26-14-19(18)12-17;/h2-12,16,26,30H,13-15H2,1H3,(H,27,29);1H. The number of amides is 2. The van der Waals surface area contributed by atoms with Crippen LogP contribution in [0.5, 0.6) is 0 Å². The summed E-state index contributed by atoms with van der Waals surface area (Å²) in [6.07, 6.45) is 0. The van der Waals surface area contributed by atoms with Gasteiger partial charge in [-0.1, -0.05) is 30.3 Å². The van der Waals surface area contributed by atoms with E-state index in [0.717, 1.165) is 18.7 Å². The molecule has 0 aliphatic carbocycles. The number of nitrogens with two attached hydrogens (primary N) is 1. The van der Waals surface area contributed by atoms with Crippen molar-refractivity contribution in [2.45, 2.75) is 36.7 Å². The largest absolute Gasteiger partial charge is 1.00 e. The molecule has 0 radical (unpaired) electrons. The van der Waals surface area contributed by atoms with Crippen molar-refractivity contribution in [3.05, 3.63) is 94.8 Å². The summed E-state index contributed by atoms with van der Waals surface area (Å²) in [7, 11) is -3.57. The van der Waals surface area contributed by atoms with E-state index in [2.05, 4.69) is 10.6 Å². The fourth-order valence-corrected chi connectivity index (χ4v) is 5.23. The van der Waals surface area contributed by atoms with E-state index in [0.29, 0.717) is 10.8 Å². The Morgan fingerprint density at radius 3 is 2.47 bits per heavy atom. The zero-order valence-electron chi connectivity index (χ0n) is 18.4. The van der Waals surface area contributed by atoms with Gasteiger partial charge >= 0.3 is 6.03 Å². The molecule has 0 spiro atoms. The Morgan fingerprint density at radius 2 is 1.76 bits per heavy atom. The number of hydroxylamine groups is 2. The fraction of sp³-hybridized carbons (Fsp3) is 0.208. The number of rotatable bonds is 6. The minimum Gasteiger partial charge on any atom is -1.00 e. The zero-order valence-corrected chi connectivity index (χ0v) is 20.0. The van der Waals surface area contributed by atoms with Crippen LogP contribution in [0.1, 0.15) is 35.2 Å². The van der Waals surface area contributed by atoms with Gasteiger partial charge in [0.15, 0.2) is 9.84 Å². The molecule has 7 nitrogen and oxygen atoms in total. The third kappa shape index (κ3) is 5.56. The number of hydrogen-bond acceptors (Lipinski definition) is 4. The first-order valence-corrected chi connectivity index (χ1v) is 12.2. The van der Waals surface area contributed by atoms with Crippen LogP contribution >= 0.6 is 0 Å². The van der Waals surface area contributed by atoms with Gasteiger partial charge in [-0.15, -0.1) is 0 Å². The molecule has 10 heteroatoms. The molecule has 4 N–H and O–H groups in total. The lowest BCUT2D eigenvalue weighted by Crippen LogP contribution is -3.00. The monoisotopic (exact) mass is 505 g/mol. The molecule has 0 saturated heterocycles. The summed E-state index contributed by atoms with van der Waals surface area (Å²) < 4.78 is 39.6. The van der Waals surface area contributed by atoms with Crippen molar-refractivity contribution in [3.63, 3.8) is 0 Å². The van der Waals surface area contributed by atoms with E-state index in [4.69, 9.17) is 0 Å². The minimum atomic E-state index is -3.57. The van der Waals surface area contributed by atoms with Crippen molar-refractivity contribution < 1.29 is 40.5 Å². The second-order valence-electron chi connectivity index (χ2n) is 8.06. The van der Waals surface area contributed by atoms with Crippen molar-refractivity contribution in [2.24, 2.45) is 0 Å². The SMILES string of the molecule is CC(c1ccccc1F)N(O)C(=O)Nc1ccc(S(=O)(=O)Cc2ccc3c(c2)C[NH2+]C3)cc1.[Cl-]. The molecule has 2 amide bonds. The summed E-state index contributed by atoms with van der Waals surface area (Å²) >= 11 is 0. The summed E-state index contributed by atoms with van der Waals surface area (Å²) in [5, 5.41) is 15.2. The maximum Gasteiger partial charge on any atom is 0.346 e. The molecule has 0 fully saturated rings. The van der Waals surface area contributed by atoms with E-state index < -0.39 is 27.7 Å². The van der Waals surface area contributed by atoms with Crippen LogP contribution in [0.25, 0.3) is 0 Å². The quantitative estimate of drug-likeness (QED) is 0.332. The second kappa shape index (κ2) is 10.5. The number of carbonyl (C=O) groups is 1. The van der Waals surface area contributed by atoms with Crippen LogP contribution in [-0.2, 0) is 28.7 Å². The summed E-state index contributed by atoms with van der Waals surface area (Å²) in [6.45, 7) is 3.26. The molecule has 3 aromatic carbocycles. The Kier molecular flexibility index (Phi) is 7.93. The van der Waals surface area contributed by atoms with E-state index in [1.165, 1.54) is 60.5 Å². The smallest absolute Gasteiger partial charge is 0.346 e. The van der Waals surface area contributed by atoms with Crippen molar-refractivity contribution in [3.8, 4) is 0 Å². The molecule has 1 heterocycles. The van der Waals surface area contributed by atoms with Crippen LogP contribution in [0.3, 0.4) is 0 Å². The molecule has 1 unspecified atom stereocenters. The number of anilines is 1. The highest BCUT2D eigenvalue weighted by Crippen LogP contribution is 2.24. The third-order valence-electron chi connectivity index (χ3n) is 5.75. The minimum absolute atomic E-state index is 0. The maximum atomic E-state index is 13.9. The molecule has 0 saturated carbocycles. The lowest BCUT2D eigenvalue weighted by molar-refractivity contribution is -0.676. The van der Waals surface area contributed by atoms with Crippen LogP contribution in [0.4, 0.5) is 14.9 Å². The van der Waals surface area contributed by atoms with Crippen LogP contribution in [0.2, 0.25) is 0 Å². The lowest BCUT2D eigenvalue weighted by Gasteiger charge is -2.23. The Bertz CT molecular complexity index is 1290. The van der Waals surface area contributed by atoms with E-state index >= 15 is 0 Å². The topological polar surface area (TPSA) is 103 Å². The number of carbonyl (C=O) groups excluding carboxylic acids is 1. The number of sulfone groups is 1. The Morgan fingerprint density at radius 1 is 1.09 bits per heavy atom. The van der Waals surface area contributed by atoms with Gasteiger partial charge in [-0.25, -0.2) is 17.6 Å². The molecule has 180 valence electrons. The molecular weight excluding hydrogens is 481 g/mol. The van der Waals surface area contributed by atoms with E-state index in [1.807, 2.05) is 18.2 Å². The number of hydrogen-bond donors (Lipinski definition) is 3. The van der Waals surface area contributed by atoms with Gasteiger partial charge in [0.05, 0.1) is 16.7 Å². The number of fused-ring (bicyclic) bond motifs is 1. The van der Waals surface area contributed by atoms with Gasteiger partial charge in [0, 0.05) is 22.4 Å². The van der Waals surface area contributed by atoms with Gasteiger partial charge < -0.3 is 23.0 Å². The predicted octanol–water partition coefficient (Wildman–Crippen LogP) is 0.365. The van der Waals surface area contributed by atoms with Crippen LogP contribution in [0, 0.1) is 5.82 Å². The fourth-order valence-electron chi connectivity index (χ4n) is 3.89. The predicted molar refractivity (Wildman–Crippen MR) is 121 cm³/mol. The van der Waals surface area contributed by atoms with Crippen LogP contribution in [-0.4, -0.2) is 24.7 Å². The first-order chi connectivity index (χ1) is 15.7. The normalized spacial score (nSPS) is 13.5. The van der Waals surface area contributed by atoms with Gasteiger partial charge in [-0.05, 0) is 48.9 Å². The number of nitrogens with one attached hydrogen (secondary N) is 1. The number of urea groups is 1. The highest BCUT2D eigenvalue weighted by atomic mass is 35.5. The molecule has 1 atom stereocenters. The van der Waals surface area contributed by atoms with Gasteiger partial charge in [0.2, 0.25) is 0 Å². The van der Waals surface area contributed by atoms with Crippen molar-refractivity contribution in [2.75, 3.05) is 5.32 Å². The Hall–Kier alpha value is -2.98. The number of nitrogens with zero attached hydrogens (tertiary/aromatic N) is 1. The zero-order chi connectivity index (χ0) is 23.6. The van der Waals surface area contributed by atoms with Gasteiger partial charge in [0.25, 0.3) is 0 Å². The number of benzene rings is 3. The molecule has 1 aliphatic rings. The summed E-state index contributed by atoms with van der Waals surface area (Å²) in [5.74, 6) is -0.649. The molecule has 4 rings (SSSR count). The van der Waals surface area contributed by atoms with Crippen LogP contribution in [0.15, 0.2) is 71.6 Å². The summed E-state index contributed by atoms with van der Waals surface area (Å²) in [5.41, 5.74) is 3.60. The summed E-state index contributed by atoms with van der Waals surface area (Å²) in [6, 6.07) is 15.6. The third-order valence-corrected chi connectivity index (χ3v) is 7.45. The average molecular weight is 506 g/mol. The van der Waals surface area contributed by atoms with Crippen molar-refractivity contribution in [1.82, 2.24) is 5.06 Å². The first-order valence-electron chi connectivity index (χ1n) is 10.5. The number of halogens is 2. The van der Waals surface area contributed by atoms with E-state index in [-0.39, 0.29) is 28.6 Å².